The van der Waals surface area contributed by atoms with Crippen LogP contribution in [0.25, 0.3) is 0 Å². The molecule has 3 rings (SSSR count). The minimum absolute atomic E-state index is 0.239. The molecule has 6 nitrogen and oxygen atoms in total. The highest BCUT2D eigenvalue weighted by Gasteiger charge is 2.16. The van der Waals surface area contributed by atoms with E-state index in [1.54, 1.807) is 43.6 Å². The Bertz CT molecular complexity index is 926. The summed E-state index contributed by atoms with van der Waals surface area (Å²) in [4.78, 5) is 23.7. The van der Waals surface area contributed by atoms with Gasteiger partial charge in [-0.1, -0.05) is 0 Å². The van der Waals surface area contributed by atoms with E-state index in [9.17, 15) is 13.8 Å². The van der Waals surface area contributed by atoms with Crippen LogP contribution in [0.3, 0.4) is 0 Å². The van der Waals surface area contributed by atoms with E-state index in [1.807, 2.05) is 0 Å². The Labute approximate surface area is 140 Å². The summed E-state index contributed by atoms with van der Waals surface area (Å²) >= 11 is 0. The van der Waals surface area contributed by atoms with Gasteiger partial charge in [0.25, 0.3) is 11.5 Å². The molecule has 1 aromatic heterocycles. The van der Waals surface area contributed by atoms with Crippen molar-refractivity contribution in [1.29, 1.82) is 0 Å². The third-order valence-electron chi connectivity index (χ3n) is 3.94. The topological polar surface area (TPSA) is 80.5 Å². The lowest BCUT2D eigenvalue weighted by atomic mass is 10.2. The Morgan fingerprint density at radius 1 is 1.17 bits per heavy atom. The number of nitrogens with one attached hydrogen (secondary N) is 1. The van der Waals surface area contributed by atoms with E-state index in [4.69, 9.17) is 0 Å². The van der Waals surface area contributed by atoms with Crippen LogP contribution in [-0.2, 0) is 16.8 Å². The Morgan fingerprint density at radius 3 is 2.46 bits per heavy atom. The van der Waals surface area contributed by atoms with Crippen LogP contribution in [0, 0.1) is 0 Å². The van der Waals surface area contributed by atoms with Gasteiger partial charge in [0, 0.05) is 42.1 Å². The van der Waals surface area contributed by atoms with Gasteiger partial charge in [0.05, 0.1) is 15.4 Å². The molecule has 1 aliphatic rings. The number of hydrogen-bond donors (Lipinski definition) is 1. The van der Waals surface area contributed by atoms with Crippen LogP contribution in [-0.4, -0.2) is 26.2 Å². The normalized spacial score (nSPS) is 15.9. The minimum Gasteiger partial charge on any atom is -0.322 e. The van der Waals surface area contributed by atoms with Crippen molar-refractivity contribution in [3.63, 3.8) is 0 Å². The largest absolute Gasteiger partial charge is 0.322 e. The number of nitrogens with zero attached hydrogens (tertiary/aromatic N) is 2. The first kappa shape index (κ1) is 16.4. The van der Waals surface area contributed by atoms with Gasteiger partial charge in [0.1, 0.15) is 0 Å². The number of aryl methyl sites for hydroxylation is 1. The standard InChI is InChI=1S/C17H19N3O3S/c1-20-9-8-13(12-16(20)21)17(22)18-14-4-6-15(7-5-14)19-24(23)10-2-3-11-24/h4-9,12H,2-3,10-11H2,1H3,(H,18,22). The zero-order valence-corrected chi connectivity index (χ0v) is 14.2. The molecule has 1 saturated heterocycles. The Kier molecular flexibility index (Phi) is 4.53. The van der Waals surface area contributed by atoms with E-state index in [-0.39, 0.29) is 11.5 Å². The Morgan fingerprint density at radius 2 is 1.83 bits per heavy atom. The summed E-state index contributed by atoms with van der Waals surface area (Å²) in [5.41, 5.74) is 1.33. The molecule has 0 aliphatic carbocycles. The molecule has 1 amide bonds. The highest BCUT2D eigenvalue weighted by molar-refractivity contribution is 7.93. The summed E-state index contributed by atoms with van der Waals surface area (Å²) in [5, 5.41) is 2.74. The van der Waals surface area contributed by atoms with Crippen molar-refractivity contribution in [2.24, 2.45) is 11.4 Å². The number of aromatic nitrogens is 1. The average Bonchev–Trinajstić information content (AvgIpc) is 2.98. The molecular formula is C17H19N3O3S. The summed E-state index contributed by atoms with van der Waals surface area (Å²) in [5.74, 6) is 0.974. The molecule has 0 bridgehead atoms. The second kappa shape index (κ2) is 6.60. The summed E-state index contributed by atoms with van der Waals surface area (Å²) in [6.07, 6.45) is 3.48. The van der Waals surface area contributed by atoms with E-state index < -0.39 is 9.73 Å². The van der Waals surface area contributed by atoms with Crippen LogP contribution in [0.4, 0.5) is 11.4 Å². The lowest BCUT2D eigenvalue weighted by Crippen LogP contribution is -2.19. The predicted molar refractivity (Wildman–Crippen MR) is 95.3 cm³/mol. The molecule has 0 atom stereocenters. The van der Waals surface area contributed by atoms with E-state index in [0.29, 0.717) is 28.4 Å². The first-order valence-electron chi connectivity index (χ1n) is 7.76. The van der Waals surface area contributed by atoms with Gasteiger partial charge in [0.2, 0.25) is 0 Å². The van der Waals surface area contributed by atoms with Gasteiger partial charge in [-0.2, -0.15) is 4.36 Å². The maximum atomic E-state index is 12.4. The van der Waals surface area contributed by atoms with Gasteiger partial charge < -0.3 is 9.88 Å². The lowest BCUT2D eigenvalue weighted by Gasteiger charge is -2.06. The number of hydrogen-bond acceptors (Lipinski definition) is 4. The zero-order valence-electron chi connectivity index (χ0n) is 13.4. The van der Waals surface area contributed by atoms with Gasteiger partial charge in [-0.25, -0.2) is 4.21 Å². The van der Waals surface area contributed by atoms with Crippen molar-refractivity contribution in [3.05, 3.63) is 58.5 Å². The third kappa shape index (κ3) is 3.73. The lowest BCUT2D eigenvalue weighted by molar-refractivity contribution is 0.102. The molecule has 1 fully saturated rings. The highest BCUT2D eigenvalue weighted by Crippen LogP contribution is 2.22. The molecule has 126 valence electrons. The second-order valence-electron chi connectivity index (χ2n) is 5.84. The number of rotatable bonds is 3. The van der Waals surface area contributed by atoms with E-state index in [1.165, 1.54) is 10.6 Å². The average molecular weight is 345 g/mol. The number of carbonyl (C=O) groups is 1. The monoisotopic (exact) mass is 345 g/mol. The van der Waals surface area contributed by atoms with Crippen molar-refractivity contribution < 1.29 is 9.00 Å². The van der Waals surface area contributed by atoms with Crippen LogP contribution in [0.5, 0.6) is 0 Å². The minimum atomic E-state index is -2.09. The molecular weight excluding hydrogens is 326 g/mol. The van der Waals surface area contributed by atoms with Gasteiger partial charge in [-0.3, -0.25) is 9.59 Å². The smallest absolute Gasteiger partial charge is 0.255 e. The number of pyridine rings is 1. The number of benzene rings is 1. The fourth-order valence-corrected chi connectivity index (χ4v) is 4.74. The summed E-state index contributed by atoms with van der Waals surface area (Å²) in [7, 11) is -0.468. The van der Waals surface area contributed by atoms with Crippen LogP contribution in [0.15, 0.2) is 51.8 Å². The summed E-state index contributed by atoms with van der Waals surface area (Å²) in [6, 6.07) is 9.80. The molecule has 2 heterocycles. The molecule has 0 radical (unpaired) electrons. The molecule has 0 unspecified atom stereocenters. The molecule has 24 heavy (non-hydrogen) atoms. The van der Waals surface area contributed by atoms with Crippen molar-refractivity contribution in [3.8, 4) is 0 Å². The van der Waals surface area contributed by atoms with Crippen molar-refractivity contribution in [2.75, 3.05) is 16.8 Å². The fourth-order valence-electron chi connectivity index (χ4n) is 2.54. The summed E-state index contributed by atoms with van der Waals surface area (Å²) < 4.78 is 18.2. The predicted octanol–water partition coefficient (Wildman–Crippen LogP) is 2.53. The van der Waals surface area contributed by atoms with Crippen LogP contribution < -0.4 is 10.9 Å². The quantitative estimate of drug-likeness (QED) is 0.928. The maximum Gasteiger partial charge on any atom is 0.255 e. The molecule has 1 N–H and O–H groups in total. The van der Waals surface area contributed by atoms with E-state index in [2.05, 4.69) is 9.68 Å². The first-order chi connectivity index (χ1) is 11.5. The second-order valence-corrected chi connectivity index (χ2v) is 8.39. The SMILES string of the molecule is Cn1ccc(C(=O)Nc2ccc(N=S3(=O)CCCC3)cc2)cc1=O. The Hall–Kier alpha value is -2.41. The molecule has 2 aromatic rings. The van der Waals surface area contributed by atoms with Gasteiger partial charge >= 0.3 is 0 Å². The van der Waals surface area contributed by atoms with Crippen molar-refractivity contribution >= 4 is 27.0 Å². The van der Waals surface area contributed by atoms with Crippen LogP contribution in [0.2, 0.25) is 0 Å². The van der Waals surface area contributed by atoms with E-state index >= 15 is 0 Å². The number of carbonyl (C=O) groups excluding carboxylic acids is 1. The van der Waals surface area contributed by atoms with Gasteiger partial charge in [-0.15, -0.1) is 0 Å². The Balaban J connectivity index is 1.74. The zero-order chi connectivity index (χ0) is 17.2. The molecule has 1 aliphatic heterocycles. The number of anilines is 1. The molecule has 0 spiro atoms. The third-order valence-corrected chi connectivity index (χ3v) is 6.34. The van der Waals surface area contributed by atoms with Crippen LogP contribution >= 0.6 is 0 Å². The van der Waals surface area contributed by atoms with Crippen molar-refractivity contribution in [1.82, 2.24) is 4.57 Å². The van der Waals surface area contributed by atoms with Crippen molar-refractivity contribution in [2.45, 2.75) is 12.8 Å². The molecule has 0 saturated carbocycles. The molecule has 7 heteroatoms. The van der Waals surface area contributed by atoms with Crippen LogP contribution in [0.1, 0.15) is 23.2 Å². The molecule has 1 aromatic carbocycles. The number of amides is 1. The first-order valence-corrected chi connectivity index (χ1v) is 9.61. The fraction of sp³-hybridized carbons (Fsp3) is 0.294. The van der Waals surface area contributed by atoms with Gasteiger partial charge in [-0.05, 0) is 43.2 Å². The van der Waals surface area contributed by atoms with E-state index in [0.717, 1.165) is 12.8 Å². The maximum absolute atomic E-state index is 12.4. The van der Waals surface area contributed by atoms with Gasteiger partial charge in [0.15, 0.2) is 0 Å². The summed E-state index contributed by atoms with van der Waals surface area (Å²) in [6.45, 7) is 0. The highest BCUT2D eigenvalue weighted by atomic mass is 32.2.